The molecular weight excluding hydrogens is 785 g/mol. The summed E-state index contributed by atoms with van der Waals surface area (Å²) >= 11 is 0. The topological polar surface area (TPSA) is 60.4 Å². The van der Waals surface area contributed by atoms with E-state index in [1.54, 1.807) is 0 Å². The Morgan fingerprint density at radius 1 is 0.333 bits per heavy atom. The highest BCUT2D eigenvalue weighted by molar-refractivity contribution is 7.19. The molecule has 5 heterocycles. The smallest absolute Gasteiger partial charge is 0.240 e. The van der Waals surface area contributed by atoms with Crippen LogP contribution >= 0.6 is 0 Å². The number of rotatable bonds is 5. The van der Waals surface area contributed by atoms with Crippen molar-refractivity contribution in [3.63, 3.8) is 0 Å². The molecule has 5 aromatic heterocycles. The van der Waals surface area contributed by atoms with Gasteiger partial charge >= 0.3 is 0 Å². The average molecular weight is 821 g/mol. The lowest BCUT2D eigenvalue weighted by Gasteiger charge is -2.34. The summed E-state index contributed by atoms with van der Waals surface area (Å²) < 4.78 is 4.49. The summed E-state index contributed by atoms with van der Waals surface area (Å²) in [5.41, 5.74) is 5.02. The van der Waals surface area contributed by atoms with Crippen LogP contribution in [-0.2, 0) is 0 Å². The Morgan fingerprint density at radius 3 is 1.30 bits per heavy atom. The highest BCUT2D eigenvalue weighted by atomic mass is 28.3. The van der Waals surface area contributed by atoms with Crippen molar-refractivity contribution in [3.05, 3.63) is 219 Å². The van der Waals surface area contributed by atoms with E-state index in [4.69, 9.17) is 19.9 Å². The standard InChI is InChI=1S/C56H36N6Si/c1-4-18-38(19-5-1)63(39-20-6-2-7-21-39,40-22-8-3-9-23-40)41-24-14-17-37(35-41)54-58-55-60-56(59-54)62-51-32-13-11-26-44(51)47-29-16-30-48(53(47)62)49-36-57-34-33-42(49)45-27-15-28-46-43-25-10-12-31-50(43)61(55)52(45)46/h1-36H. The molecule has 8 aromatic carbocycles. The first-order valence-corrected chi connectivity index (χ1v) is 23.3. The normalized spacial score (nSPS) is 12.1. The van der Waals surface area contributed by atoms with Crippen LogP contribution in [0, 0.1) is 0 Å². The van der Waals surface area contributed by atoms with Crippen LogP contribution in [0.2, 0.25) is 0 Å². The molecule has 0 saturated heterocycles. The van der Waals surface area contributed by atoms with Gasteiger partial charge in [0.1, 0.15) is 0 Å². The second kappa shape index (κ2) is 13.9. The molecule has 0 saturated carbocycles. The van der Waals surface area contributed by atoms with Crippen LogP contribution in [-0.4, -0.2) is 36.8 Å². The maximum atomic E-state index is 5.54. The van der Waals surface area contributed by atoms with Crippen molar-refractivity contribution in [2.24, 2.45) is 0 Å². The third kappa shape index (κ3) is 5.17. The van der Waals surface area contributed by atoms with Crippen molar-refractivity contribution >= 4 is 106 Å². The molecule has 294 valence electrons. The molecule has 0 aliphatic rings. The highest BCUT2D eigenvalue weighted by Gasteiger charge is 2.41. The zero-order chi connectivity index (χ0) is 41.5. The fourth-order valence-electron chi connectivity index (χ4n) is 10.4. The Kier molecular flexibility index (Phi) is 7.82. The van der Waals surface area contributed by atoms with Crippen molar-refractivity contribution < 1.29 is 0 Å². The van der Waals surface area contributed by atoms with Gasteiger partial charge in [-0.05, 0) is 44.3 Å². The van der Waals surface area contributed by atoms with Crippen LogP contribution in [0.4, 0.5) is 0 Å². The molecule has 13 rings (SSSR count). The van der Waals surface area contributed by atoms with Gasteiger partial charge in [0.2, 0.25) is 11.6 Å². The predicted octanol–water partition coefficient (Wildman–Crippen LogP) is 10.3. The van der Waals surface area contributed by atoms with E-state index in [0.717, 1.165) is 70.7 Å². The molecule has 7 heteroatoms. The molecule has 0 fully saturated rings. The Morgan fingerprint density at radius 2 is 0.762 bits per heavy atom. The summed E-state index contributed by atoms with van der Waals surface area (Å²) in [5, 5.41) is 13.9. The van der Waals surface area contributed by atoms with Gasteiger partial charge in [0.05, 0.1) is 22.1 Å². The van der Waals surface area contributed by atoms with Crippen molar-refractivity contribution in [1.82, 2.24) is 28.7 Å². The molecular formula is C56H36N6Si. The maximum absolute atomic E-state index is 5.54. The van der Waals surface area contributed by atoms with E-state index >= 15 is 0 Å². The fourth-order valence-corrected chi connectivity index (χ4v) is 15.2. The summed E-state index contributed by atoms with van der Waals surface area (Å²) in [6, 6.07) is 74.5. The summed E-state index contributed by atoms with van der Waals surface area (Å²) in [4.78, 5) is 21.3. The van der Waals surface area contributed by atoms with E-state index in [9.17, 15) is 0 Å². The summed E-state index contributed by atoms with van der Waals surface area (Å²) in [6.07, 6.45) is 3.90. The minimum atomic E-state index is -2.87. The number of hydrogen-bond acceptors (Lipinski definition) is 4. The van der Waals surface area contributed by atoms with Crippen molar-refractivity contribution in [3.8, 4) is 11.4 Å². The van der Waals surface area contributed by atoms with E-state index in [1.807, 2.05) is 12.4 Å². The van der Waals surface area contributed by atoms with Gasteiger partial charge in [-0.15, -0.1) is 0 Å². The molecule has 0 amide bonds. The number of para-hydroxylation sites is 4. The zero-order valence-corrected chi connectivity index (χ0v) is 35.0. The monoisotopic (exact) mass is 820 g/mol. The van der Waals surface area contributed by atoms with E-state index in [0.29, 0.717) is 17.4 Å². The number of hydrogen-bond donors (Lipinski definition) is 0. The molecule has 2 bridgehead atoms. The quantitative estimate of drug-likeness (QED) is 0.128. The lowest BCUT2D eigenvalue weighted by molar-refractivity contribution is 1.06. The van der Waals surface area contributed by atoms with Crippen molar-refractivity contribution in [2.75, 3.05) is 0 Å². The molecule has 0 N–H and O–H groups in total. The van der Waals surface area contributed by atoms with Crippen LogP contribution < -0.4 is 20.7 Å². The first-order valence-electron chi connectivity index (χ1n) is 21.3. The molecule has 0 aliphatic heterocycles. The zero-order valence-electron chi connectivity index (χ0n) is 34.0. The van der Waals surface area contributed by atoms with Gasteiger partial charge in [-0.25, -0.2) is 0 Å². The molecule has 0 atom stereocenters. The van der Waals surface area contributed by atoms with E-state index < -0.39 is 8.07 Å². The SMILES string of the molecule is c1ccc([Si](c2ccccc2)(c2ccccc2)c2cccc(-c3nc4nc(n3)n3c5ccccc5c5cccc(c6cnccc6c6cccc7c8ccccc8n4c67)c53)c2)cc1. The second-order valence-corrected chi connectivity index (χ2v) is 20.0. The van der Waals surface area contributed by atoms with Gasteiger partial charge in [0, 0.05) is 55.7 Å². The minimum Gasteiger partial charge on any atom is -0.277 e. The maximum Gasteiger partial charge on any atom is 0.240 e. The molecule has 0 spiro atoms. The Labute approximate surface area is 362 Å². The molecule has 63 heavy (non-hydrogen) atoms. The van der Waals surface area contributed by atoms with Crippen LogP contribution in [0.15, 0.2) is 219 Å². The van der Waals surface area contributed by atoms with Crippen LogP contribution in [0.3, 0.4) is 0 Å². The Bertz CT molecular complexity index is 3710. The largest absolute Gasteiger partial charge is 0.277 e. The third-order valence-electron chi connectivity index (χ3n) is 13.0. The van der Waals surface area contributed by atoms with Crippen LogP contribution in [0.5, 0.6) is 0 Å². The van der Waals surface area contributed by atoms with Crippen molar-refractivity contribution in [2.45, 2.75) is 0 Å². The van der Waals surface area contributed by atoms with Gasteiger partial charge in [-0.1, -0.05) is 188 Å². The van der Waals surface area contributed by atoms with Crippen LogP contribution in [0.25, 0.3) is 88.1 Å². The fraction of sp³-hybridized carbons (Fsp3) is 0. The van der Waals surface area contributed by atoms with E-state index in [1.165, 1.54) is 20.7 Å². The first-order chi connectivity index (χ1) is 31.3. The summed E-state index contributed by atoms with van der Waals surface area (Å²) in [6.45, 7) is 0. The van der Waals surface area contributed by atoms with Gasteiger partial charge < -0.3 is 0 Å². The number of nitrogens with zero attached hydrogens (tertiary/aromatic N) is 6. The van der Waals surface area contributed by atoms with Gasteiger partial charge in [0.25, 0.3) is 0 Å². The third-order valence-corrected chi connectivity index (χ3v) is 17.8. The van der Waals surface area contributed by atoms with Gasteiger partial charge in [-0.3, -0.25) is 13.8 Å². The lowest BCUT2D eigenvalue weighted by atomic mass is 10.0. The Balaban J connectivity index is 1.24. The van der Waals surface area contributed by atoms with Crippen molar-refractivity contribution in [1.29, 1.82) is 0 Å². The van der Waals surface area contributed by atoms with E-state index in [2.05, 4.69) is 215 Å². The molecule has 13 aromatic rings. The molecule has 0 unspecified atom stereocenters. The lowest BCUT2D eigenvalue weighted by Crippen LogP contribution is -2.74. The summed E-state index contributed by atoms with van der Waals surface area (Å²) in [7, 11) is -2.87. The minimum absolute atomic E-state index is 0.549. The molecule has 0 aliphatic carbocycles. The molecule has 6 nitrogen and oxygen atoms in total. The number of benzene rings is 8. The van der Waals surface area contributed by atoms with E-state index in [-0.39, 0.29) is 0 Å². The highest BCUT2D eigenvalue weighted by Crippen LogP contribution is 2.38. The first kappa shape index (κ1) is 35.5. The Hall–Kier alpha value is -8.26. The number of aromatic nitrogens is 6. The number of pyridine rings is 1. The predicted molar refractivity (Wildman–Crippen MR) is 262 cm³/mol. The van der Waals surface area contributed by atoms with Gasteiger partial charge in [0.15, 0.2) is 13.9 Å². The molecule has 0 radical (unpaired) electrons. The average Bonchev–Trinajstić information content (AvgIpc) is 3.88. The van der Waals surface area contributed by atoms with Gasteiger partial charge in [-0.2, -0.15) is 15.0 Å². The second-order valence-electron chi connectivity index (χ2n) is 16.2. The van der Waals surface area contributed by atoms with Crippen LogP contribution in [0.1, 0.15) is 0 Å². The number of fused-ring (bicyclic) bond motifs is 13. The summed E-state index contributed by atoms with van der Waals surface area (Å²) in [5.74, 6) is 1.70.